The van der Waals surface area contributed by atoms with Crippen molar-refractivity contribution in [1.29, 1.82) is 0 Å². The second-order valence-corrected chi connectivity index (χ2v) is 7.75. The summed E-state index contributed by atoms with van der Waals surface area (Å²) >= 11 is 0. The van der Waals surface area contributed by atoms with Gasteiger partial charge in [0, 0.05) is 24.7 Å². The zero-order valence-corrected chi connectivity index (χ0v) is 14.3. The van der Waals surface area contributed by atoms with E-state index in [9.17, 15) is 9.90 Å². The van der Waals surface area contributed by atoms with Crippen LogP contribution in [0.4, 0.5) is 4.79 Å². The van der Waals surface area contributed by atoms with Gasteiger partial charge in [-0.2, -0.15) is 0 Å². The molecule has 0 bridgehead atoms. The number of likely N-dealkylation sites (tertiary alicyclic amines) is 1. The van der Waals surface area contributed by atoms with Crippen LogP contribution < -0.4 is 10.6 Å². The summed E-state index contributed by atoms with van der Waals surface area (Å²) in [5, 5.41) is 15.8. The van der Waals surface area contributed by atoms with Crippen molar-refractivity contribution in [1.82, 2.24) is 15.5 Å². The number of aliphatic hydroxyl groups is 1. The molecule has 0 radical (unpaired) electrons. The second kappa shape index (κ2) is 8.34. The van der Waals surface area contributed by atoms with Crippen LogP contribution in [0.15, 0.2) is 0 Å². The molecule has 5 heteroatoms. The van der Waals surface area contributed by atoms with Gasteiger partial charge in [-0.3, -0.25) is 4.90 Å². The zero-order chi connectivity index (χ0) is 16.1. The van der Waals surface area contributed by atoms with E-state index in [-0.39, 0.29) is 18.2 Å². The maximum atomic E-state index is 12.2. The minimum Gasteiger partial charge on any atom is -0.393 e. The molecule has 0 aromatic carbocycles. The van der Waals surface area contributed by atoms with Crippen LogP contribution in [0, 0.1) is 0 Å². The summed E-state index contributed by atoms with van der Waals surface area (Å²) in [5.41, 5.74) is 0. The van der Waals surface area contributed by atoms with Crippen molar-refractivity contribution in [3.05, 3.63) is 0 Å². The Balaban J connectivity index is 1.41. The fraction of sp³-hybridized carbons (Fsp3) is 0.944. The van der Waals surface area contributed by atoms with E-state index >= 15 is 0 Å². The van der Waals surface area contributed by atoms with Crippen LogP contribution in [0.5, 0.6) is 0 Å². The van der Waals surface area contributed by atoms with E-state index in [1.165, 1.54) is 45.1 Å². The number of rotatable bonds is 3. The number of nitrogens with one attached hydrogen (secondary N) is 2. The number of hydrogen-bond donors (Lipinski definition) is 3. The lowest BCUT2D eigenvalue weighted by Gasteiger charge is -2.40. The first-order chi connectivity index (χ1) is 11.2. The fourth-order valence-electron chi connectivity index (χ4n) is 4.53. The Morgan fingerprint density at radius 3 is 2.26 bits per heavy atom. The predicted molar refractivity (Wildman–Crippen MR) is 91.4 cm³/mol. The Labute approximate surface area is 140 Å². The molecular weight excluding hydrogens is 290 g/mol. The summed E-state index contributed by atoms with van der Waals surface area (Å²) in [7, 11) is 0. The lowest BCUT2D eigenvalue weighted by Crippen LogP contribution is -2.54. The summed E-state index contributed by atoms with van der Waals surface area (Å²) in [6, 6.07) is 1.26. The van der Waals surface area contributed by atoms with E-state index in [4.69, 9.17) is 0 Å². The summed E-state index contributed by atoms with van der Waals surface area (Å²) < 4.78 is 0. The van der Waals surface area contributed by atoms with Crippen molar-refractivity contribution in [3.8, 4) is 0 Å². The largest absolute Gasteiger partial charge is 0.393 e. The Bertz CT molecular complexity index is 376. The number of nitrogens with zero attached hydrogens (tertiary/aromatic N) is 1. The van der Waals surface area contributed by atoms with Crippen LogP contribution in [0.25, 0.3) is 0 Å². The zero-order valence-electron chi connectivity index (χ0n) is 14.3. The Morgan fingerprint density at radius 2 is 1.52 bits per heavy atom. The van der Waals surface area contributed by atoms with Crippen LogP contribution in [-0.2, 0) is 0 Å². The van der Waals surface area contributed by atoms with Crippen LogP contribution in [0.1, 0.15) is 70.6 Å². The highest BCUT2D eigenvalue weighted by Crippen LogP contribution is 2.25. The topological polar surface area (TPSA) is 64.6 Å². The van der Waals surface area contributed by atoms with E-state index in [1.807, 2.05) is 0 Å². The molecule has 1 saturated heterocycles. The first-order valence-corrected chi connectivity index (χ1v) is 9.70. The van der Waals surface area contributed by atoms with Gasteiger partial charge in [0.05, 0.1) is 6.10 Å². The minimum atomic E-state index is -0.168. The van der Waals surface area contributed by atoms with Gasteiger partial charge < -0.3 is 15.7 Å². The third-order valence-electron chi connectivity index (χ3n) is 5.91. The van der Waals surface area contributed by atoms with Crippen molar-refractivity contribution in [2.75, 3.05) is 13.1 Å². The van der Waals surface area contributed by atoms with Crippen LogP contribution >= 0.6 is 0 Å². The second-order valence-electron chi connectivity index (χ2n) is 7.75. The molecule has 0 aromatic heterocycles. The van der Waals surface area contributed by atoms with Crippen molar-refractivity contribution >= 4 is 6.03 Å². The molecule has 132 valence electrons. The molecule has 3 N–H and O–H groups in total. The van der Waals surface area contributed by atoms with E-state index in [2.05, 4.69) is 15.5 Å². The average Bonchev–Trinajstić information content (AvgIpc) is 2.58. The predicted octanol–water partition coefficient (Wildman–Crippen LogP) is 2.39. The van der Waals surface area contributed by atoms with Crippen LogP contribution in [0.3, 0.4) is 0 Å². The number of urea groups is 1. The molecule has 23 heavy (non-hydrogen) atoms. The summed E-state index contributed by atoms with van der Waals surface area (Å²) in [4.78, 5) is 14.9. The third kappa shape index (κ3) is 5.08. The van der Waals surface area contributed by atoms with Gasteiger partial charge in [-0.05, 0) is 57.9 Å². The molecule has 0 aromatic rings. The Hall–Kier alpha value is -0.810. The number of carbonyl (C=O) groups excluding carboxylic acids is 1. The van der Waals surface area contributed by atoms with E-state index < -0.39 is 0 Å². The van der Waals surface area contributed by atoms with Gasteiger partial charge in [0.1, 0.15) is 0 Å². The first kappa shape index (κ1) is 17.0. The number of piperidine rings is 1. The highest BCUT2D eigenvalue weighted by molar-refractivity contribution is 5.74. The van der Waals surface area contributed by atoms with Crippen LogP contribution in [0.2, 0.25) is 0 Å². The fourth-order valence-corrected chi connectivity index (χ4v) is 4.53. The van der Waals surface area contributed by atoms with Crippen molar-refractivity contribution in [2.45, 2.75) is 94.9 Å². The van der Waals surface area contributed by atoms with Gasteiger partial charge in [0.15, 0.2) is 0 Å². The molecule has 3 aliphatic rings. The number of aliphatic hydroxyl groups excluding tert-OH is 1. The van der Waals surface area contributed by atoms with Crippen molar-refractivity contribution in [2.24, 2.45) is 0 Å². The third-order valence-corrected chi connectivity index (χ3v) is 5.91. The smallest absolute Gasteiger partial charge is 0.315 e. The lowest BCUT2D eigenvalue weighted by atomic mass is 9.92. The minimum absolute atomic E-state index is 0.0121. The molecule has 2 aliphatic carbocycles. The van der Waals surface area contributed by atoms with Crippen LogP contribution in [-0.4, -0.2) is 53.4 Å². The van der Waals surface area contributed by atoms with Gasteiger partial charge in [-0.1, -0.05) is 19.3 Å². The Kier molecular flexibility index (Phi) is 6.17. The molecule has 1 aliphatic heterocycles. The number of carbonyl (C=O) groups is 1. The van der Waals surface area contributed by atoms with Gasteiger partial charge in [0.2, 0.25) is 0 Å². The molecule has 1 atom stereocenters. The highest BCUT2D eigenvalue weighted by atomic mass is 16.3. The van der Waals surface area contributed by atoms with Crippen molar-refractivity contribution < 1.29 is 9.90 Å². The molecule has 1 heterocycles. The van der Waals surface area contributed by atoms with E-state index in [0.717, 1.165) is 44.7 Å². The molecule has 0 spiro atoms. The van der Waals surface area contributed by atoms with Crippen molar-refractivity contribution in [3.63, 3.8) is 0 Å². The summed E-state index contributed by atoms with van der Waals surface area (Å²) in [6.07, 6.45) is 12.3. The van der Waals surface area contributed by atoms with Gasteiger partial charge >= 0.3 is 6.03 Å². The monoisotopic (exact) mass is 323 g/mol. The maximum Gasteiger partial charge on any atom is 0.315 e. The van der Waals surface area contributed by atoms with Gasteiger partial charge in [-0.15, -0.1) is 0 Å². The highest BCUT2D eigenvalue weighted by Gasteiger charge is 2.28. The standard InChI is InChI=1S/C18H33N3O2/c22-17-10-8-14(9-11-17)19-18(23)20-15-5-4-12-21(13-15)16-6-2-1-3-7-16/h14-17,22H,1-13H2,(H2,19,20,23). The van der Waals surface area contributed by atoms with Gasteiger partial charge in [-0.25, -0.2) is 4.79 Å². The lowest BCUT2D eigenvalue weighted by molar-refractivity contribution is 0.108. The number of amides is 2. The first-order valence-electron chi connectivity index (χ1n) is 9.70. The molecular formula is C18H33N3O2. The van der Waals surface area contributed by atoms with E-state index in [1.54, 1.807) is 0 Å². The molecule has 3 fully saturated rings. The maximum absolute atomic E-state index is 12.2. The number of hydrogen-bond acceptors (Lipinski definition) is 3. The molecule has 5 nitrogen and oxygen atoms in total. The molecule has 3 rings (SSSR count). The summed E-state index contributed by atoms with van der Waals surface area (Å²) in [5.74, 6) is 0. The Morgan fingerprint density at radius 1 is 0.826 bits per heavy atom. The molecule has 1 unspecified atom stereocenters. The normalized spacial score (nSPS) is 34.0. The summed E-state index contributed by atoms with van der Waals surface area (Å²) in [6.45, 7) is 2.21. The quantitative estimate of drug-likeness (QED) is 0.747. The molecule has 2 saturated carbocycles. The van der Waals surface area contributed by atoms with E-state index in [0.29, 0.717) is 6.04 Å². The SMILES string of the molecule is O=C(NC1CCC(O)CC1)NC1CCCN(C2CCCCC2)C1. The average molecular weight is 323 g/mol. The van der Waals surface area contributed by atoms with Gasteiger partial charge in [0.25, 0.3) is 0 Å². The molecule has 2 amide bonds.